The molecule has 0 unspecified atom stereocenters. The fourth-order valence-electron chi connectivity index (χ4n) is 3.96. The minimum Gasteiger partial charge on any atom is -0.422 e. The lowest BCUT2D eigenvalue weighted by Gasteiger charge is -2.17. The standard InChI is InChI=1S/C24H17NO4/c1-12-7-10-17-15(11-12)8-9-16-21(24(27)28-17)22-19-13(2)5-4-6-18(19)29-23(26)20(22)14(3)25-16/h4-11H,1-3H3/b9-8-. The van der Waals surface area contributed by atoms with E-state index in [1.807, 2.05) is 44.2 Å². The number of esters is 1. The molecule has 29 heavy (non-hydrogen) atoms. The molecule has 0 spiro atoms. The monoisotopic (exact) mass is 383 g/mol. The summed E-state index contributed by atoms with van der Waals surface area (Å²) < 4.78 is 11.3. The van der Waals surface area contributed by atoms with E-state index in [4.69, 9.17) is 9.15 Å². The Morgan fingerprint density at radius 1 is 0.897 bits per heavy atom. The van der Waals surface area contributed by atoms with Gasteiger partial charge in [-0.1, -0.05) is 23.8 Å². The summed E-state index contributed by atoms with van der Waals surface area (Å²) >= 11 is 0. The summed E-state index contributed by atoms with van der Waals surface area (Å²) in [5.41, 5.74) is 3.96. The van der Waals surface area contributed by atoms with Crippen LogP contribution in [0.3, 0.4) is 0 Å². The summed E-state index contributed by atoms with van der Waals surface area (Å²) in [5.74, 6) is -0.0673. The summed E-state index contributed by atoms with van der Waals surface area (Å²) in [5, 5.41) is 1.56. The van der Waals surface area contributed by atoms with E-state index in [-0.39, 0.29) is 5.56 Å². The Labute approximate surface area is 166 Å². The van der Waals surface area contributed by atoms with Gasteiger partial charge in [0, 0.05) is 16.3 Å². The maximum absolute atomic E-state index is 13.3. The van der Waals surface area contributed by atoms with E-state index in [1.54, 1.807) is 25.1 Å². The van der Waals surface area contributed by atoms with Crippen LogP contribution >= 0.6 is 0 Å². The van der Waals surface area contributed by atoms with Crippen LogP contribution in [0.2, 0.25) is 0 Å². The lowest BCUT2D eigenvalue weighted by Crippen LogP contribution is -2.17. The molecule has 1 aliphatic rings. The molecule has 1 aliphatic heterocycles. The molecule has 5 rings (SSSR count). The number of hydrogen-bond donors (Lipinski definition) is 0. The Hall–Kier alpha value is -3.73. The Morgan fingerprint density at radius 3 is 2.55 bits per heavy atom. The molecule has 2 aromatic heterocycles. The number of nitrogens with zero attached hydrogens (tertiary/aromatic N) is 1. The van der Waals surface area contributed by atoms with Gasteiger partial charge in [-0.15, -0.1) is 0 Å². The number of ether oxygens (including phenoxy) is 1. The van der Waals surface area contributed by atoms with Crippen molar-refractivity contribution in [3.05, 3.63) is 80.5 Å². The zero-order chi connectivity index (χ0) is 20.3. The Bertz CT molecular complexity index is 1440. The fourth-order valence-corrected chi connectivity index (χ4v) is 3.96. The van der Waals surface area contributed by atoms with Crippen LogP contribution in [0.15, 0.2) is 45.6 Å². The van der Waals surface area contributed by atoms with Crippen molar-refractivity contribution in [1.29, 1.82) is 0 Å². The van der Waals surface area contributed by atoms with E-state index in [0.717, 1.165) is 22.1 Å². The molecule has 0 saturated heterocycles. The third-order valence-corrected chi connectivity index (χ3v) is 5.29. The van der Waals surface area contributed by atoms with Gasteiger partial charge in [0.05, 0.1) is 22.3 Å². The van der Waals surface area contributed by atoms with E-state index in [1.165, 1.54) is 0 Å². The molecule has 3 heterocycles. The Kier molecular flexibility index (Phi) is 3.68. The van der Waals surface area contributed by atoms with Gasteiger partial charge < -0.3 is 9.15 Å². The number of rotatable bonds is 0. The molecular formula is C24H17NO4. The number of hydrogen-bond acceptors (Lipinski definition) is 5. The molecule has 2 aromatic carbocycles. The first-order valence-corrected chi connectivity index (χ1v) is 9.31. The van der Waals surface area contributed by atoms with E-state index >= 15 is 0 Å². The van der Waals surface area contributed by atoms with Crippen molar-refractivity contribution in [2.24, 2.45) is 0 Å². The topological polar surface area (TPSA) is 69.4 Å². The van der Waals surface area contributed by atoms with Crippen molar-refractivity contribution in [3.63, 3.8) is 0 Å². The fraction of sp³-hybridized carbons (Fsp3) is 0.125. The van der Waals surface area contributed by atoms with Crippen LogP contribution in [0, 0.1) is 20.8 Å². The van der Waals surface area contributed by atoms with Gasteiger partial charge in [0.2, 0.25) is 0 Å². The van der Waals surface area contributed by atoms with E-state index in [2.05, 4.69) is 4.98 Å². The van der Waals surface area contributed by atoms with Gasteiger partial charge in [0.25, 0.3) is 0 Å². The molecular weight excluding hydrogens is 366 g/mol. The molecule has 0 radical (unpaired) electrons. The van der Waals surface area contributed by atoms with E-state index in [9.17, 15) is 9.59 Å². The second-order valence-electron chi connectivity index (χ2n) is 7.31. The second kappa shape index (κ2) is 6.14. The summed E-state index contributed by atoms with van der Waals surface area (Å²) in [4.78, 5) is 30.5. The maximum atomic E-state index is 13.3. The lowest BCUT2D eigenvalue weighted by atomic mass is 9.96. The van der Waals surface area contributed by atoms with Crippen LogP contribution in [0.5, 0.6) is 5.75 Å². The van der Waals surface area contributed by atoms with Gasteiger partial charge in [0.1, 0.15) is 11.3 Å². The van der Waals surface area contributed by atoms with E-state index < -0.39 is 11.6 Å². The van der Waals surface area contributed by atoms with Crippen LogP contribution in [0.4, 0.5) is 0 Å². The van der Waals surface area contributed by atoms with Crippen molar-refractivity contribution in [3.8, 4) is 5.75 Å². The predicted octanol–water partition coefficient (Wildman–Crippen LogP) is 4.97. The predicted molar refractivity (Wildman–Crippen MR) is 112 cm³/mol. The molecule has 0 saturated carbocycles. The van der Waals surface area contributed by atoms with Crippen LogP contribution in [0.1, 0.15) is 38.4 Å². The summed E-state index contributed by atoms with van der Waals surface area (Å²) in [6, 6.07) is 11.1. The Morgan fingerprint density at radius 2 is 1.72 bits per heavy atom. The smallest absolute Gasteiger partial charge is 0.346 e. The number of carbonyl (C=O) groups is 1. The minimum atomic E-state index is -0.540. The van der Waals surface area contributed by atoms with Gasteiger partial charge in [-0.25, -0.2) is 9.59 Å². The number of aromatic nitrogens is 1. The largest absolute Gasteiger partial charge is 0.422 e. The van der Waals surface area contributed by atoms with Crippen molar-refractivity contribution in [1.82, 2.24) is 4.98 Å². The number of fused-ring (bicyclic) bond motifs is 6. The highest BCUT2D eigenvalue weighted by atomic mass is 16.5. The SMILES string of the molecule is Cc1ccc2c(c1)/C=C\c1nc(C)c3c(=O)oc4cccc(C)c4c3c1C(=O)O2. The molecule has 142 valence electrons. The first kappa shape index (κ1) is 17.4. The normalized spacial score (nSPS) is 14.1. The average molecular weight is 383 g/mol. The zero-order valence-electron chi connectivity index (χ0n) is 16.2. The van der Waals surface area contributed by atoms with Crippen LogP contribution in [0.25, 0.3) is 33.9 Å². The highest BCUT2D eigenvalue weighted by molar-refractivity contribution is 6.18. The molecule has 0 bridgehead atoms. The summed E-state index contributed by atoms with van der Waals surface area (Å²) in [6.07, 6.45) is 3.69. The van der Waals surface area contributed by atoms with Gasteiger partial charge in [-0.05, 0) is 56.7 Å². The van der Waals surface area contributed by atoms with Gasteiger partial charge in [-0.2, -0.15) is 0 Å². The molecule has 0 fully saturated rings. The molecule has 5 heteroatoms. The van der Waals surface area contributed by atoms with Gasteiger partial charge >= 0.3 is 11.6 Å². The average Bonchev–Trinajstić information content (AvgIpc) is 2.66. The molecule has 0 atom stereocenters. The third-order valence-electron chi connectivity index (χ3n) is 5.29. The quantitative estimate of drug-likeness (QED) is 0.186. The van der Waals surface area contributed by atoms with Crippen molar-refractivity contribution in [2.45, 2.75) is 20.8 Å². The van der Waals surface area contributed by atoms with E-state index in [0.29, 0.717) is 33.5 Å². The Balaban J connectivity index is 1.97. The molecule has 0 N–H and O–H groups in total. The van der Waals surface area contributed by atoms with Crippen molar-refractivity contribution in [2.75, 3.05) is 0 Å². The summed E-state index contributed by atoms with van der Waals surface area (Å²) in [6.45, 7) is 5.65. The first-order chi connectivity index (χ1) is 13.9. The molecule has 5 nitrogen and oxygen atoms in total. The van der Waals surface area contributed by atoms with Crippen LogP contribution in [-0.2, 0) is 0 Å². The number of pyridine rings is 1. The third kappa shape index (κ3) is 2.58. The molecule has 4 aromatic rings. The summed E-state index contributed by atoms with van der Waals surface area (Å²) in [7, 11) is 0. The second-order valence-corrected chi connectivity index (χ2v) is 7.31. The van der Waals surface area contributed by atoms with Crippen molar-refractivity contribution < 1.29 is 13.9 Å². The molecule has 0 aliphatic carbocycles. The van der Waals surface area contributed by atoms with Crippen LogP contribution in [-0.4, -0.2) is 11.0 Å². The van der Waals surface area contributed by atoms with Gasteiger partial charge in [0.15, 0.2) is 0 Å². The highest BCUT2D eigenvalue weighted by Crippen LogP contribution is 2.34. The zero-order valence-corrected chi connectivity index (χ0v) is 16.2. The maximum Gasteiger partial charge on any atom is 0.346 e. The highest BCUT2D eigenvalue weighted by Gasteiger charge is 2.26. The number of carbonyl (C=O) groups excluding carboxylic acids is 1. The van der Waals surface area contributed by atoms with Crippen molar-refractivity contribution >= 4 is 39.9 Å². The number of aryl methyl sites for hydroxylation is 3. The van der Waals surface area contributed by atoms with Crippen LogP contribution < -0.4 is 10.4 Å². The number of benzene rings is 2. The first-order valence-electron chi connectivity index (χ1n) is 9.31. The lowest BCUT2D eigenvalue weighted by molar-refractivity contribution is 0.0735. The molecule has 0 amide bonds. The van der Waals surface area contributed by atoms with Gasteiger partial charge in [-0.3, -0.25) is 4.98 Å². The minimum absolute atomic E-state index is 0.278.